The zero-order chi connectivity index (χ0) is 29.3. The Balaban J connectivity index is 1.21. The second kappa shape index (κ2) is 12.5. The fraction of sp³-hybridized carbons (Fsp3) is 0.393. The van der Waals surface area contributed by atoms with E-state index in [0.29, 0.717) is 52.4 Å². The van der Waals surface area contributed by atoms with Gasteiger partial charge in [-0.1, -0.05) is 52.1 Å². The Bertz CT molecular complexity index is 1430. The molecule has 2 aliphatic heterocycles. The van der Waals surface area contributed by atoms with Crippen LogP contribution in [0.25, 0.3) is 5.69 Å². The number of carbonyl (C=O) groups excluding carboxylic acids is 3. The van der Waals surface area contributed by atoms with Crippen molar-refractivity contribution >= 4 is 52.5 Å². The van der Waals surface area contributed by atoms with Gasteiger partial charge in [-0.3, -0.25) is 24.2 Å². The number of rotatable bonds is 7. The van der Waals surface area contributed by atoms with Crippen LogP contribution in [-0.4, -0.2) is 92.3 Å². The normalized spacial score (nSPS) is 20.1. The minimum absolute atomic E-state index is 0.0540. The molecule has 1 aromatic heterocycles. The molecule has 13 heteroatoms. The molecule has 2 aromatic carbocycles. The summed E-state index contributed by atoms with van der Waals surface area (Å²) in [5, 5.41) is 9.72. The van der Waals surface area contributed by atoms with Gasteiger partial charge in [0.1, 0.15) is 18.9 Å². The van der Waals surface area contributed by atoms with Crippen LogP contribution >= 0.6 is 34.8 Å². The molecule has 0 radical (unpaired) electrons. The second-order valence-corrected chi connectivity index (χ2v) is 11.6. The van der Waals surface area contributed by atoms with Gasteiger partial charge in [0.15, 0.2) is 0 Å². The van der Waals surface area contributed by atoms with Gasteiger partial charge in [-0.25, -0.2) is 4.68 Å². The first-order chi connectivity index (χ1) is 19.6. The van der Waals surface area contributed by atoms with Crippen LogP contribution in [0.4, 0.5) is 0 Å². The Morgan fingerprint density at radius 2 is 1.66 bits per heavy atom. The van der Waals surface area contributed by atoms with Crippen molar-refractivity contribution in [3.05, 3.63) is 74.5 Å². The largest absolute Gasteiger partial charge is 0.362 e. The van der Waals surface area contributed by atoms with Crippen LogP contribution in [-0.2, 0) is 27.3 Å². The molecule has 0 saturated carbocycles. The molecule has 216 valence electrons. The summed E-state index contributed by atoms with van der Waals surface area (Å²) < 4.78 is 6.51. The van der Waals surface area contributed by atoms with Crippen molar-refractivity contribution < 1.29 is 19.1 Å². The molecule has 3 aromatic rings. The average Bonchev–Trinajstić information content (AvgIpc) is 3.37. The average molecular weight is 620 g/mol. The van der Waals surface area contributed by atoms with Gasteiger partial charge in [-0.05, 0) is 50.1 Å². The van der Waals surface area contributed by atoms with Crippen LogP contribution < -0.4 is 0 Å². The summed E-state index contributed by atoms with van der Waals surface area (Å²) in [6.07, 6.45) is 2.26. The lowest BCUT2D eigenvalue weighted by atomic mass is 10.0. The summed E-state index contributed by atoms with van der Waals surface area (Å²) in [6.45, 7) is 5.89. The van der Waals surface area contributed by atoms with Crippen molar-refractivity contribution in [3.63, 3.8) is 0 Å². The number of hydrogen-bond donors (Lipinski definition) is 0. The minimum atomic E-state index is -0.338. The van der Waals surface area contributed by atoms with Crippen LogP contribution in [0.1, 0.15) is 35.5 Å². The van der Waals surface area contributed by atoms with E-state index in [1.807, 2.05) is 23.1 Å². The molecular formula is C28H29Cl3N6O4. The first-order valence-electron chi connectivity index (χ1n) is 13.2. The number of benzene rings is 2. The number of amides is 3. The summed E-state index contributed by atoms with van der Waals surface area (Å²) in [4.78, 5) is 42.9. The third-order valence-corrected chi connectivity index (χ3v) is 8.13. The van der Waals surface area contributed by atoms with Gasteiger partial charge in [0.25, 0.3) is 17.7 Å². The van der Waals surface area contributed by atoms with E-state index in [2.05, 4.69) is 29.1 Å². The number of imide groups is 1. The maximum absolute atomic E-state index is 13.5. The third-order valence-electron chi connectivity index (χ3n) is 7.34. The van der Waals surface area contributed by atoms with E-state index in [-0.39, 0.29) is 49.6 Å². The summed E-state index contributed by atoms with van der Waals surface area (Å²) in [7, 11) is 0. The zero-order valence-electron chi connectivity index (χ0n) is 22.6. The van der Waals surface area contributed by atoms with E-state index in [0.717, 1.165) is 11.3 Å². The molecule has 0 unspecified atom stereocenters. The highest BCUT2D eigenvalue weighted by Crippen LogP contribution is 2.32. The predicted molar refractivity (Wildman–Crippen MR) is 154 cm³/mol. The molecule has 10 nitrogen and oxygen atoms in total. The molecule has 2 atom stereocenters. The molecule has 3 heterocycles. The van der Waals surface area contributed by atoms with E-state index in [1.165, 1.54) is 4.90 Å². The Morgan fingerprint density at radius 3 is 2.32 bits per heavy atom. The predicted octanol–water partition coefficient (Wildman–Crippen LogP) is 3.89. The number of carbonyl (C=O) groups is 3. The fourth-order valence-corrected chi connectivity index (χ4v) is 6.30. The topological polar surface area (TPSA) is 101 Å². The molecule has 2 fully saturated rings. The van der Waals surface area contributed by atoms with Crippen molar-refractivity contribution in [3.8, 4) is 5.69 Å². The van der Waals surface area contributed by atoms with Crippen molar-refractivity contribution in [1.29, 1.82) is 0 Å². The highest BCUT2D eigenvalue weighted by atomic mass is 35.5. The van der Waals surface area contributed by atoms with Gasteiger partial charge in [0, 0.05) is 48.8 Å². The lowest BCUT2D eigenvalue weighted by Gasteiger charge is -2.44. The van der Waals surface area contributed by atoms with Crippen molar-refractivity contribution in [2.24, 2.45) is 0 Å². The van der Waals surface area contributed by atoms with Crippen LogP contribution in [0.2, 0.25) is 15.1 Å². The van der Waals surface area contributed by atoms with Gasteiger partial charge in [-0.15, -0.1) is 5.10 Å². The molecule has 0 spiro atoms. The highest BCUT2D eigenvalue weighted by molar-refractivity contribution is 6.40. The Labute approximate surface area is 252 Å². The Hall–Kier alpha value is -3.02. The number of morpholine rings is 1. The molecule has 41 heavy (non-hydrogen) atoms. The van der Waals surface area contributed by atoms with Gasteiger partial charge in [0.2, 0.25) is 0 Å². The van der Waals surface area contributed by atoms with Crippen LogP contribution in [0.3, 0.4) is 0 Å². The SMILES string of the molecule is C[C@@H]1CN(C(=O)c2cccc(CCN3C(=O)COCC3=O)c2)C[C@H](C)N1Cc1cn(-c2c(Cl)cc(Cl)cc2Cl)nn1. The van der Waals surface area contributed by atoms with E-state index in [1.54, 1.807) is 29.1 Å². The van der Waals surface area contributed by atoms with E-state index in [9.17, 15) is 14.4 Å². The number of halogens is 3. The van der Waals surface area contributed by atoms with Crippen LogP contribution in [0, 0.1) is 0 Å². The molecule has 0 aliphatic carbocycles. The monoisotopic (exact) mass is 618 g/mol. The molecular weight excluding hydrogens is 591 g/mol. The minimum Gasteiger partial charge on any atom is -0.362 e. The Kier molecular flexibility index (Phi) is 8.96. The third kappa shape index (κ3) is 6.57. The maximum Gasteiger partial charge on any atom is 0.255 e. The second-order valence-electron chi connectivity index (χ2n) is 10.3. The molecule has 2 saturated heterocycles. The quantitative estimate of drug-likeness (QED) is 0.370. The van der Waals surface area contributed by atoms with Gasteiger partial charge >= 0.3 is 0 Å². The first kappa shape index (κ1) is 29.5. The molecule has 5 rings (SSSR count). The number of ether oxygens (including phenoxy) is 1. The van der Waals surface area contributed by atoms with E-state index < -0.39 is 0 Å². The van der Waals surface area contributed by atoms with Gasteiger partial charge in [-0.2, -0.15) is 0 Å². The summed E-state index contributed by atoms with van der Waals surface area (Å²) in [6, 6.07) is 10.7. The van der Waals surface area contributed by atoms with Crippen LogP contribution in [0.5, 0.6) is 0 Å². The van der Waals surface area contributed by atoms with Crippen molar-refractivity contribution in [2.75, 3.05) is 32.8 Å². The highest BCUT2D eigenvalue weighted by Gasteiger charge is 2.33. The van der Waals surface area contributed by atoms with Gasteiger partial charge < -0.3 is 9.64 Å². The van der Waals surface area contributed by atoms with Crippen molar-refractivity contribution in [2.45, 2.75) is 38.9 Å². The summed E-state index contributed by atoms with van der Waals surface area (Å²) in [5.41, 5.74) is 2.72. The van der Waals surface area contributed by atoms with E-state index in [4.69, 9.17) is 39.5 Å². The lowest BCUT2D eigenvalue weighted by molar-refractivity contribution is -0.158. The smallest absolute Gasteiger partial charge is 0.255 e. The zero-order valence-corrected chi connectivity index (χ0v) is 24.9. The van der Waals surface area contributed by atoms with Gasteiger partial charge in [0.05, 0.1) is 21.9 Å². The molecule has 0 bridgehead atoms. The number of aromatic nitrogens is 3. The van der Waals surface area contributed by atoms with Crippen molar-refractivity contribution in [1.82, 2.24) is 29.7 Å². The lowest BCUT2D eigenvalue weighted by Crippen LogP contribution is -2.57. The molecule has 2 aliphatic rings. The molecule has 0 N–H and O–H groups in total. The molecule has 3 amide bonds. The standard InChI is InChI=1S/C28H29Cl3N6O4/c1-17-11-34(28(40)20-5-3-4-19(8-20)6-7-35-25(38)15-41-16-26(35)39)12-18(2)36(17)13-22-14-37(33-32-22)27-23(30)9-21(29)10-24(27)31/h3-5,8-10,14,17-18H,6-7,11-13,15-16H2,1-2H3/t17-,18+. The first-order valence-corrected chi connectivity index (χ1v) is 14.3. The Morgan fingerprint density at radius 1 is 1.00 bits per heavy atom. The summed E-state index contributed by atoms with van der Waals surface area (Å²) in [5.74, 6) is -0.731. The summed E-state index contributed by atoms with van der Waals surface area (Å²) >= 11 is 18.7. The number of piperazine rings is 1. The fourth-order valence-electron chi connectivity index (χ4n) is 5.31. The number of nitrogens with zero attached hydrogens (tertiary/aromatic N) is 6. The van der Waals surface area contributed by atoms with E-state index >= 15 is 0 Å². The van der Waals surface area contributed by atoms with Crippen LogP contribution in [0.15, 0.2) is 42.6 Å². The maximum atomic E-state index is 13.5. The number of hydrogen-bond acceptors (Lipinski definition) is 7.